The van der Waals surface area contributed by atoms with Gasteiger partial charge in [-0.1, -0.05) is 0 Å². The molecule has 10 heterocycles. The van der Waals surface area contributed by atoms with Gasteiger partial charge in [0.2, 0.25) is 0 Å². The van der Waals surface area contributed by atoms with Crippen LogP contribution in [0.3, 0.4) is 0 Å². The van der Waals surface area contributed by atoms with Gasteiger partial charge >= 0.3 is 170 Å². The minimum atomic E-state index is -3.82. The Hall–Kier alpha value is 0.519. The molecule has 10 rings (SSSR count). The van der Waals surface area contributed by atoms with Crippen molar-refractivity contribution in [2.45, 2.75) is 164 Å². The second-order valence-corrected chi connectivity index (χ2v) is 38.1. The molecule has 8 unspecified atom stereocenters. The SMILES string of the molecule is CCC[C]12[CH]3[C]4(CCC)[C]5(CCC)[CH]1[Fe]32451678[CH]2[CH]1[C]6(CCC)[C]7(CCC)[C]28CCC. The van der Waals surface area contributed by atoms with Crippen molar-refractivity contribution in [1.29, 1.82) is 0 Å². The first-order valence-corrected chi connectivity index (χ1v) is 19.9. The molecule has 0 aromatic heterocycles. The molecule has 8 atom stereocenters. The van der Waals surface area contributed by atoms with Crippen molar-refractivity contribution in [2.24, 2.45) is 0 Å². The molecule has 0 radical (unpaired) electrons. The molecule has 0 aromatic rings. The molecule has 0 nitrogen and oxygen atoms in total. The van der Waals surface area contributed by atoms with E-state index in [0.29, 0.717) is 0 Å². The van der Waals surface area contributed by atoms with Crippen LogP contribution in [0.15, 0.2) is 0 Å². The summed E-state index contributed by atoms with van der Waals surface area (Å²) in [7, 11) is 0. The molecule has 0 amide bonds. The van der Waals surface area contributed by atoms with E-state index in [1.807, 2.05) is 0 Å². The Bertz CT molecular complexity index is 1260. The monoisotopic (exact) mass is 438 g/mol. The molecular weight excluding hydrogens is 392 g/mol. The Kier molecular flexibility index (Phi) is 1.08. The van der Waals surface area contributed by atoms with Crippen molar-refractivity contribution < 1.29 is 6.51 Å². The van der Waals surface area contributed by atoms with Crippen LogP contribution in [0.4, 0.5) is 0 Å². The van der Waals surface area contributed by atoms with Gasteiger partial charge in [0.15, 0.2) is 0 Å². The summed E-state index contributed by atoms with van der Waals surface area (Å²) in [4.78, 5) is 5.68. The molecule has 10 aliphatic heterocycles. The molecule has 10 fully saturated rings. The second-order valence-electron chi connectivity index (χ2n) is 15.5. The average molecular weight is 439 g/mol. The van der Waals surface area contributed by atoms with E-state index < -0.39 is 6.51 Å². The first-order chi connectivity index (χ1) is 13.9. The molecule has 166 valence electrons. The molecule has 0 N–H and O–H groups in total. The van der Waals surface area contributed by atoms with Gasteiger partial charge in [0.1, 0.15) is 0 Å². The summed E-state index contributed by atoms with van der Waals surface area (Å²) in [6, 6.07) is 0. The van der Waals surface area contributed by atoms with Crippen LogP contribution in [0.2, 0.25) is 45.1 Å². The second kappa shape index (κ2) is 1.94. The van der Waals surface area contributed by atoms with Gasteiger partial charge in [0.05, 0.1) is 0 Å². The zero-order valence-corrected chi connectivity index (χ0v) is 21.3. The van der Waals surface area contributed by atoms with Gasteiger partial charge in [-0.05, 0) is 0 Å². The summed E-state index contributed by atoms with van der Waals surface area (Å²) in [6.07, 6.45) is 19.5. The van der Waals surface area contributed by atoms with E-state index in [-0.39, 0.29) is 0 Å². The molecule has 0 aromatic carbocycles. The Balaban J connectivity index is 1.46. The molecule has 0 saturated carbocycles. The molecule has 29 heavy (non-hydrogen) atoms. The van der Waals surface area contributed by atoms with Crippen molar-refractivity contribution in [3.8, 4) is 0 Å². The van der Waals surface area contributed by atoms with Crippen LogP contribution in [-0.2, 0) is 6.51 Å². The summed E-state index contributed by atoms with van der Waals surface area (Å²) in [5.74, 6) is 0. The van der Waals surface area contributed by atoms with Crippen molar-refractivity contribution in [3.63, 3.8) is 0 Å². The Morgan fingerprint density at radius 2 is 0.862 bits per heavy atom. The van der Waals surface area contributed by atoms with E-state index >= 15 is 0 Å². The zero-order valence-electron chi connectivity index (χ0n) is 20.1. The summed E-state index contributed by atoms with van der Waals surface area (Å²) >= 11 is 0. The molecule has 10 saturated heterocycles. The van der Waals surface area contributed by atoms with Crippen molar-refractivity contribution in [1.82, 2.24) is 0 Å². The molecule has 0 aliphatic carbocycles. The Morgan fingerprint density at radius 1 is 0.483 bits per heavy atom. The zero-order chi connectivity index (χ0) is 20.1. The van der Waals surface area contributed by atoms with Crippen LogP contribution in [0, 0.1) is 0 Å². The predicted molar refractivity (Wildman–Crippen MR) is 121 cm³/mol. The van der Waals surface area contributed by atoms with Crippen LogP contribution in [-0.4, -0.2) is 0 Å². The Morgan fingerprint density at radius 3 is 1.24 bits per heavy atom. The quantitative estimate of drug-likeness (QED) is 0.266. The van der Waals surface area contributed by atoms with Crippen molar-refractivity contribution in [3.05, 3.63) is 0 Å². The van der Waals surface area contributed by atoms with Crippen LogP contribution in [0.25, 0.3) is 0 Å². The summed E-state index contributed by atoms with van der Waals surface area (Å²) in [6.45, 7) is 11.7. The van der Waals surface area contributed by atoms with Gasteiger partial charge in [-0.2, -0.15) is 0 Å². The molecule has 1 heteroatoms. The fourth-order valence-corrected chi connectivity index (χ4v) is 118. The van der Waals surface area contributed by atoms with Crippen LogP contribution in [0.1, 0.15) is 119 Å². The first kappa shape index (κ1) is 16.2. The van der Waals surface area contributed by atoms with Crippen molar-refractivity contribution in [2.75, 3.05) is 0 Å². The summed E-state index contributed by atoms with van der Waals surface area (Å²) < 4.78 is 6.25. The van der Waals surface area contributed by atoms with E-state index in [1.54, 1.807) is 38.5 Å². The van der Waals surface area contributed by atoms with Crippen molar-refractivity contribution >= 4 is 0 Å². The third-order valence-corrected chi connectivity index (χ3v) is 69.2. The number of hydrogen-bond acceptors (Lipinski definition) is 0. The van der Waals surface area contributed by atoms with E-state index in [9.17, 15) is 0 Å². The topological polar surface area (TPSA) is 0 Å². The fraction of sp³-hybridized carbons (Fsp3) is 1.00. The summed E-state index contributed by atoms with van der Waals surface area (Å²) in [5, 5.41) is 0. The van der Waals surface area contributed by atoms with Gasteiger partial charge < -0.3 is 0 Å². The normalized spacial score (nSPS) is 87.8. The van der Waals surface area contributed by atoms with Gasteiger partial charge in [0, 0.05) is 0 Å². The molecule has 1 spiro atoms. The average Bonchev–Trinajstić information content (AvgIpc) is 3.65. The summed E-state index contributed by atoms with van der Waals surface area (Å²) in [5.41, 5.74) is 0. The van der Waals surface area contributed by atoms with Gasteiger partial charge in [-0.25, -0.2) is 0 Å². The van der Waals surface area contributed by atoms with E-state index in [1.165, 1.54) is 57.8 Å². The predicted octanol–water partition coefficient (Wildman–Crippen LogP) is 10.4. The van der Waals surface area contributed by atoms with Crippen LogP contribution >= 0.6 is 0 Å². The fourth-order valence-electron chi connectivity index (χ4n) is 27.3. The third kappa shape index (κ3) is 0.215. The molecular formula is C28H46Fe. The third-order valence-electron chi connectivity index (χ3n) is 21.0. The number of rotatable bonds is 12. The van der Waals surface area contributed by atoms with Gasteiger partial charge in [-0.3, -0.25) is 0 Å². The number of hydrogen-bond donors (Lipinski definition) is 0. The molecule has 0 bridgehead atoms. The number of fused-ring (bicyclic) bond motifs is 10. The van der Waals surface area contributed by atoms with E-state index in [4.69, 9.17) is 0 Å². The standard InChI is InChI=1S/2C14H23.Fe/c1-4-7-12-10-13(8-5-2)14(11-12)9-6-3;1-4-7-12-10-11-13(8-5-2)14(12)9-6-3;/h2*10-11H,4-9H2,1-3H3;. The van der Waals surface area contributed by atoms with Gasteiger partial charge in [-0.15, -0.1) is 0 Å². The van der Waals surface area contributed by atoms with Gasteiger partial charge in [0.25, 0.3) is 0 Å². The molecule has 10 aliphatic rings. The van der Waals surface area contributed by atoms with Crippen LogP contribution < -0.4 is 0 Å². The Labute approximate surface area is 170 Å². The maximum absolute atomic E-state index is 3.82. The van der Waals surface area contributed by atoms with Crippen LogP contribution in [0.5, 0.6) is 0 Å². The maximum atomic E-state index is 2.59. The first-order valence-electron chi connectivity index (χ1n) is 14.1. The van der Waals surface area contributed by atoms with E-state index in [2.05, 4.69) is 41.5 Å². The van der Waals surface area contributed by atoms with E-state index in [0.717, 1.165) is 25.9 Å². The minimum absolute atomic E-state index is 1.03.